The summed E-state index contributed by atoms with van der Waals surface area (Å²) in [5, 5.41) is 11.7. The van der Waals surface area contributed by atoms with Crippen molar-refractivity contribution in [2.24, 2.45) is 7.05 Å². The maximum Gasteiger partial charge on any atom is 0.270 e. The lowest BCUT2D eigenvalue weighted by Crippen LogP contribution is -2.14. The summed E-state index contributed by atoms with van der Waals surface area (Å²) in [6.45, 7) is 0. The molecule has 0 aliphatic rings. The molecule has 1 aromatic heterocycles. The zero-order chi connectivity index (χ0) is 18.0. The van der Waals surface area contributed by atoms with E-state index in [1.54, 1.807) is 43.6 Å². The molecule has 0 saturated carbocycles. The highest BCUT2D eigenvalue weighted by molar-refractivity contribution is 6.30. The molecule has 0 aliphatic heterocycles. The fourth-order valence-corrected chi connectivity index (χ4v) is 2.45. The number of aromatic nitrogens is 1. The number of hydrogen-bond donors (Lipinski definition) is 0. The number of nitro benzene ring substituents is 1. The standard InChI is InChI=1S/C18H13ClN2O4/c1-20-11-12(2-9-18(20)22)16-10-14(21(23)24)5-8-17(16)25-15-6-3-13(19)4-7-15/h2-11H,1H3. The van der Waals surface area contributed by atoms with E-state index < -0.39 is 4.92 Å². The van der Waals surface area contributed by atoms with Crippen LogP contribution in [0, 0.1) is 10.1 Å². The topological polar surface area (TPSA) is 74.4 Å². The van der Waals surface area contributed by atoms with E-state index in [1.165, 1.54) is 28.8 Å². The van der Waals surface area contributed by atoms with Gasteiger partial charge in [-0.25, -0.2) is 0 Å². The van der Waals surface area contributed by atoms with Crippen LogP contribution in [0.3, 0.4) is 0 Å². The number of nitrogens with zero attached hydrogens (tertiary/aromatic N) is 2. The van der Waals surface area contributed by atoms with Crippen LogP contribution in [0.25, 0.3) is 11.1 Å². The van der Waals surface area contributed by atoms with E-state index in [4.69, 9.17) is 16.3 Å². The number of halogens is 1. The van der Waals surface area contributed by atoms with E-state index in [2.05, 4.69) is 0 Å². The molecule has 1 heterocycles. The molecule has 0 radical (unpaired) electrons. The Kier molecular flexibility index (Phi) is 4.54. The lowest BCUT2D eigenvalue weighted by molar-refractivity contribution is -0.384. The Morgan fingerprint density at radius 3 is 2.44 bits per heavy atom. The molecule has 2 aromatic carbocycles. The molecule has 0 spiro atoms. The first-order valence-electron chi connectivity index (χ1n) is 7.33. The fraction of sp³-hybridized carbons (Fsp3) is 0.0556. The summed E-state index contributed by atoms with van der Waals surface area (Å²) in [7, 11) is 1.61. The van der Waals surface area contributed by atoms with Crippen molar-refractivity contribution in [1.82, 2.24) is 4.57 Å². The summed E-state index contributed by atoms with van der Waals surface area (Å²) < 4.78 is 7.26. The van der Waals surface area contributed by atoms with Crippen molar-refractivity contribution in [3.8, 4) is 22.6 Å². The third kappa shape index (κ3) is 3.70. The molecule has 0 bridgehead atoms. The second kappa shape index (κ2) is 6.78. The van der Waals surface area contributed by atoms with Gasteiger partial charge in [0.05, 0.1) is 4.92 Å². The minimum absolute atomic E-state index is 0.0627. The van der Waals surface area contributed by atoms with Crippen LogP contribution in [0.2, 0.25) is 5.02 Å². The summed E-state index contributed by atoms with van der Waals surface area (Å²) >= 11 is 5.87. The number of hydrogen-bond acceptors (Lipinski definition) is 4. The van der Waals surface area contributed by atoms with E-state index in [1.807, 2.05) is 0 Å². The van der Waals surface area contributed by atoms with Crippen molar-refractivity contribution in [3.63, 3.8) is 0 Å². The Balaban J connectivity index is 2.10. The molecular formula is C18H13ClN2O4. The van der Waals surface area contributed by atoms with Crippen LogP contribution < -0.4 is 10.3 Å². The SMILES string of the molecule is Cn1cc(-c2cc([N+](=O)[O-])ccc2Oc2ccc(Cl)cc2)ccc1=O. The molecule has 126 valence electrons. The molecule has 0 amide bonds. The van der Waals surface area contributed by atoms with Gasteiger partial charge < -0.3 is 9.30 Å². The molecule has 0 fully saturated rings. The Morgan fingerprint density at radius 2 is 1.80 bits per heavy atom. The van der Waals surface area contributed by atoms with Gasteiger partial charge in [0.15, 0.2) is 0 Å². The molecule has 0 N–H and O–H groups in total. The van der Waals surface area contributed by atoms with Gasteiger partial charge in [0.2, 0.25) is 5.56 Å². The van der Waals surface area contributed by atoms with Crippen LogP contribution in [0.15, 0.2) is 65.6 Å². The molecule has 0 atom stereocenters. The van der Waals surface area contributed by atoms with Gasteiger partial charge in [-0.2, -0.15) is 0 Å². The van der Waals surface area contributed by atoms with Crippen LogP contribution in [0.1, 0.15) is 0 Å². The number of nitro groups is 1. The van der Waals surface area contributed by atoms with Crippen LogP contribution in [-0.4, -0.2) is 9.49 Å². The van der Waals surface area contributed by atoms with Gasteiger partial charge in [-0.15, -0.1) is 0 Å². The smallest absolute Gasteiger partial charge is 0.270 e. The average Bonchev–Trinajstić information content (AvgIpc) is 2.59. The molecule has 7 heteroatoms. The molecule has 6 nitrogen and oxygen atoms in total. The Hall–Kier alpha value is -3.12. The number of ether oxygens (including phenoxy) is 1. The van der Waals surface area contributed by atoms with Crippen molar-refractivity contribution in [2.75, 3.05) is 0 Å². The number of benzene rings is 2. The summed E-state index contributed by atoms with van der Waals surface area (Å²) in [6, 6.07) is 14.1. The van der Waals surface area contributed by atoms with Gasteiger partial charge in [0, 0.05) is 47.6 Å². The van der Waals surface area contributed by atoms with Gasteiger partial charge in [-0.3, -0.25) is 14.9 Å². The highest BCUT2D eigenvalue weighted by atomic mass is 35.5. The summed E-state index contributed by atoms with van der Waals surface area (Å²) in [5.74, 6) is 0.982. The first kappa shape index (κ1) is 16.7. The first-order chi connectivity index (χ1) is 11.9. The maximum atomic E-state index is 11.6. The Labute approximate surface area is 148 Å². The van der Waals surface area contributed by atoms with E-state index in [0.29, 0.717) is 27.6 Å². The normalized spacial score (nSPS) is 10.5. The van der Waals surface area contributed by atoms with E-state index in [9.17, 15) is 14.9 Å². The summed E-state index contributed by atoms with van der Waals surface area (Å²) in [5.41, 5.74) is 0.913. The minimum atomic E-state index is -0.475. The van der Waals surface area contributed by atoms with Crippen molar-refractivity contribution < 1.29 is 9.66 Å². The molecule has 3 aromatic rings. The largest absolute Gasteiger partial charge is 0.457 e. The summed E-state index contributed by atoms with van der Waals surface area (Å²) in [4.78, 5) is 22.2. The number of aryl methyl sites for hydroxylation is 1. The number of rotatable bonds is 4. The maximum absolute atomic E-state index is 11.6. The minimum Gasteiger partial charge on any atom is -0.457 e. The van der Waals surface area contributed by atoms with Gasteiger partial charge >= 0.3 is 0 Å². The van der Waals surface area contributed by atoms with E-state index >= 15 is 0 Å². The number of pyridine rings is 1. The highest BCUT2D eigenvalue weighted by Crippen LogP contribution is 2.36. The fourth-order valence-electron chi connectivity index (χ4n) is 2.33. The van der Waals surface area contributed by atoms with E-state index in [-0.39, 0.29) is 11.2 Å². The lowest BCUT2D eigenvalue weighted by atomic mass is 10.1. The molecule has 3 rings (SSSR count). The molecule has 0 saturated heterocycles. The second-order valence-electron chi connectivity index (χ2n) is 5.36. The third-order valence-electron chi connectivity index (χ3n) is 3.61. The van der Waals surface area contributed by atoms with Gasteiger partial charge in [-0.05, 0) is 36.4 Å². The predicted molar refractivity (Wildman–Crippen MR) is 95.3 cm³/mol. The first-order valence-corrected chi connectivity index (χ1v) is 7.71. The second-order valence-corrected chi connectivity index (χ2v) is 5.80. The van der Waals surface area contributed by atoms with Gasteiger partial charge in [-0.1, -0.05) is 11.6 Å². The van der Waals surface area contributed by atoms with E-state index in [0.717, 1.165) is 0 Å². The van der Waals surface area contributed by atoms with Crippen molar-refractivity contribution >= 4 is 17.3 Å². The van der Waals surface area contributed by atoms with Gasteiger partial charge in [0.1, 0.15) is 11.5 Å². The van der Waals surface area contributed by atoms with Crippen LogP contribution >= 0.6 is 11.6 Å². The lowest BCUT2D eigenvalue weighted by Gasteiger charge is -2.12. The van der Waals surface area contributed by atoms with Crippen molar-refractivity contribution in [1.29, 1.82) is 0 Å². The monoisotopic (exact) mass is 356 g/mol. The van der Waals surface area contributed by atoms with Crippen LogP contribution in [0.4, 0.5) is 5.69 Å². The third-order valence-corrected chi connectivity index (χ3v) is 3.86. The predicted octanol–water partition coefficient (Wildman–Crippen LogP) is 4.41. The quantitative estimate of drug-likeness (QED) is 0.512. The Morgan fingerprint density at radius 1 is 1.08 bits per heavy atom. The van der Waals surface area contributed by atoms with Crippen LogP contribution in [0.5, 0.6) is 11.5 Å². The average molecular weight is 357 g/mol. The molecule has 0 unspecified atom stereocenters. The molecule has 25 heavy (non-hydrogen) atoms. The number of non-ortho nitro benzene ring substituents is 1. The zero-order valence-corrected chi connectivity index (χ0v) is 13.9. The van der Waals surface area contributed by atoms with Crippen LogP contribution in [-0.2, 0) is 7.05 Å². The highest BCUT2D eigenvalue weighted by Gasteiger charge is 2.15. The zero-order valence-electron chi connectivity index (χ0n) is 13.2. The molecular weight excluding hydrogens is 344 g/mol. The molecule has 0 aliphatic carbocycles. The van der Waals surface area contributed by atoms with Gasteiger partial charge in [0.25, 0.3) is 5.69 Å². The summed E-state index contributed by atoms with van der Waals surface area (Å²) in [6.07, 6.45) is 1.61. The van der Waals surface area contributed by atoms with Crippen molar-refractivity contribution in [3.05, 3.63) is 86.3 Å². The van der Waals surface area contributed by atoms with Crippen molar-refractivity contribution in [2.45, 2.75) is 0 Å². The Bertz CT molecular complexity index is 997.